The Morgan fingerprint density at radius 3 is 2.62 bits per heavy atom. The molecule has 1 aromatic carbocycles. The maximum atomic E-state index is 13.0. The Hall–Kier alpha value is -2.18. The summed E-state index contributed by atoms with van der Waals surface area (Å²) in [5.41, 5.74) is 0.958. The smallest absolute Gasteiger partial charge is 0.318 e. The quantitative estimate of drug-likeness (QED) is 0.802. The molecule has 7 heteroatoms. The molecule has 2 rings (SSSR count). The highest BCUT2D eigenvalue weighted by Crippen LogP contribution is 2.23. The summed E-state index contributed by atoms with van der Waals surface area (Å²) in [6.45, 7) is 0.303. The molecule has 2 atom stereocenters. The van der Waals surface area contributed by atoms with E-state index < -0.39 is 30.5 Å². The lowest BCUT2D eigenvalue weighted by Crippen LogP contribution is -2.49. The van der Waals surface area contributed by atoms with Gasteiger partial charge in [0, 0.05) is 19.0 Å². The first kappa shape index (κ1) is 18.2. The van der Waals surface area contributed by atoms with E-state index >= 15 is 0 Å². The first-order valence-corrected chi connectivity index (χ1v) is 8.08. The van der Waals surface area contributed by atoms with Crippen molar-refractivity contribution in [2.45, 2.75) is 50.6 Å². The highest BCUT2D eigenvalue weighted by molar-refractivity contribution is 5.75. The number of aliphatic carboxylic acids is 1. The van der Waals surface area contributed by atoms with Crippen molar-refractivity contribution in [2.75, 3.05) is 6.54 Å². The average Bonchev–Trinajstić information content (AvgIpc) is 3.03. The third kappa shape index (κ3) is 5.18. The van der Waals surface area contributed by atoms with Crippen LogP contribution < -0.4 is 5.32 Å². The van der Waals surface area contributed by atoms with E-state index in [4.69, 9.17) is 5.11 Å². The number of carboxylic acids is 1. The molecule has 24 heavy (non-hydrogen) atoms. The van der Waals surface area contributed by atoms with Crippen molar-refractivity contribution in [2.24, 2.45) is 0 Å². The van der Waals surface area contributed by atoms with Gasteiger partial charge >= 0.3 is 12.0 Å². The molecule has 2 amide bonds. The molecule has 132 valence electrons. The molecule has 0 bridgehead atoms. The molecular weight excluding hydrogens is 318 g/mol. The van der Waals surface area contributed by atoms with E-state index in [0.717, 1.165) is 5.56 Å². The van der Waals surface area contributed by atoms with Gasteiger partial charge in [-0.2, -0.15) is 0 Å². The van der Waals surface area contributed by atoms with Gasteiger partial charge in [0.2, 0.25) is 0 Å². The number of halogens is 2. The Bertz CT molecular complexity index is 554. The van der Waals surface area contributed by atoms with Gasteiger partial charge in [-0.25, -0.2) is 13.6 Å². The first-order valence-electron chi connectivity index (χ1n) is 8.08. The number of carboxylic acid groups (broad SMARTS) is 1. The van der Waals surface area contributed by atoms with Crippen LogP contribution in [0.15, 0.2) is 30.3 Å². The van der Waals surface area contributed by atoms with Gasteiger partial charge in [0.25, 0.3) is 6.43 Å². The van der Waals surface area contributed by atoms with Crippen LogP contribution in [0.1, 0.15) is 31.2 Å². The Balaban J connectivity index is 2.00. The Morgan fingerprint density at radius 1 is 1.29 bits per heavy atom. The second kappa shape index (κ2) is 8.61. The minimum absolute atomic E-state index is 0.0872. The molecule has 1 aliphatic heterocycles. The zero-order valence-electron chi connectivity index (χ0n) is 13.3. The van der Waals surface area contributed by atoms with Gasteiger partial charge in [-0.3, -0.25) is 4.79 Å². The summed E-state index contributed by atoms with van der Waals surface area (Å²) in [4.78, 5) is 24.3. The predicted molar refractivity (Wildman–Crippen MR) is 85.1 cm³/mol. The number of hydrogen-bond acceptors (Lipinski definition) is 2. The molecule has 1 unspecified atom stereocenters. The van der Waals surface area contributed by atoms with Gasteiger partial charge in [-0.05, 0) is 31.2 Å². The van der Waals surface area contributed by atoms with Gasteiger partial charge in [0.1, 0.15) is 0 Å². The van der Waals surface area contributed by atoms with Crippen molar-refractivity contribution in [3.8, 4) is 0 Å². The monoisotopic (exact) mass is 340 g/mol. The molecule has 1 aromatic rings. The SMILES string of the molecule is O=C(O)CCC(Cc1ccccc1)NC(=O)N1CCC[C@@H]1C(F)F. The minimum Gasteiger partial charge on any atom is -0.481 e. The third-order valence-electron chi connectivity index (χ3n) is 4.21. The summed E-state index contributed by atoms with van der Waals surface area (Å²) in [6, 6.07) is 7.36. The van der Waals surface area contributed by atoms with Crippen LogP contribution >= 0.6 is 0 Å². The van der Waals surface area contributed by atoms with Gasteiger partial charge in [-0.1, -0.05) is 30.3 Å². The molecule has 0 aliphatic carbocycles. The van der Waals surface area contributed by atoms with Crippen molar-refractivity contribution in [1.29, 1.82) is 0 Å². The highest BCUT2D eigenvalue weighted by atomic mass is 19.3. The minimum atomic E-state index is -2.56. The summed E-state index contributed by atoms with van der Waals surface area (Å²) in [5.74, 6) is -0.950. The number of alkyl halides is 2. The van der Waals surface area contributed by atoms with Crippen LogP contribution in [-0.4, -0.2) is 47.1 Å². The molecule has 2 N–H and O–H groups in total. The van der Waals surface area contributed by atoms with E-state index in [9.17, 15) is 18.4 Å². The lowest BCUT2D eigenvalue weighted by Gasteiger charge is -2.27. The second-order valence-electron chi connectivity index (χ2n) is 6.01. The first-order chi connectivity index (χ1) is 11.5. The zero-order valence-corrected chi connectivity index (χ0v) is 13.3. The summed E-state index contributed by atoms with van der Waals surface area (Å²) in [6.07, 6.45) is -1.08. The average molecular weight is 340 g/mol. The fraction of sp³-hybridized carbons (Fsp3) is 0.529. The van der Waals surface area contributed by atoms with Crippen LogP contribution in [0.25, 0.3) is 0 Å². The molecule has 0 saturated carbocycles. The van der Waals surface area contributed by atoms with E-state index in [2.05, 4.69) is 5.32 Å². The maximum absolute atomic E-state index is 13.0. The maximum Gasteiger partial charge on any atom is 0.318 e. The van der Waals surface area contributed by atoms with Crippen LogP contribution in [0.2, 0.25) is 0 Å². The van der Waals surface area contributed by atoms with Gasteiger partial charge < -0.3 is 15.3 Å². The number of urea groups is 1. The number of hydrogen-bond donors (Lipinski definition) is 2. The fourth-order valence-electron chi connectivity index (χ4n) is 2.99. The molecule has 0 radical (unpaired) electrons. The summed E-state index contributed by atoms with van der Waals surface area (Å²) >= 11 is 0. The normalized spacial score (nSPS) is 18.6. The number of rotatable bonds is 7. The number of likely N-dealkylation sites (tertiary alicyclic amines) is 1. The lowest BCUT2D eigenvalue weighted by molar-refractivity contribution is -0.137. The van der Waals surface area contributed by atoms with Crippen LogP contribution in [-0.2, 0) is 11.2 Å². The number of nitrogens with one attached hydrogen (secondary N) is 1. The van der Waals surface area contributed by atoms with Crippen LogP contribution in [0.3, 0.4) is 0 Å². The molecule has 0 aromatic heterocycles. The fourth-order valence-corrected chi connectivity index (χ4v) is 2.99. The van der Waals surface area contributed by atoms with Crippen molar-refractivity contribution in [3.05, 3.63) is 35.9 Å². The lowest BCUT2D eigenvalue weighted by atomic mass is 10.0. The number of carbonyl (C=O) groups is 2. The number of amides is 2. The van der Waals surface area contributed by atoms with Crippen LogP contribution in [0.4, 0.5) is 13.6 Å². The number of benzene rings is 1. The summed E-state index contributed by atoms with van der Waals surface area (Å²) in [5, 5.41) is 11.6. The van der Waals surface area contributed by atoms with E-state index in [1.807, 2.05) is 30.3 Å². The zero-order chi connectivity index (χ0) is 17.5. The van der Waals surface area contributed by atoms with E-state index in [1.54, 1.807) is 0 Å². The largest absolute Gasteiger partial charge is 0.481 e. The third-order valence-corrected chi connectivity index (χ3v) is 4.21. The molecule has 1 aliphatic rings. The Kier molecular flexibility index (Phi) is 6.52. The molecule has 1 heterocycles. The topological polar surface area (TPSA) is 69.6 Å². The molecule has 1 saturated heterocycles. The second-order valence-corrected chi connectivity index (χ2v) is 6.01. The van der Waals surface area contributed by atoms with Crippen LogP contribution in [0.5, 0.6) is 0 Å². The van der Waals surface area contributed by atoms with E-state index in [0.29, 0.717) is 25.8 Å². The number of carbonyl (C=O) groups excluding carboxylic acids is 1. The van der Waals surface area contributed by atoms with Crippen molar-refractivity contribution >= 4 is 12.0 Å². The Labute approximate surface area is 139 Å². The predicted octanol–water partition coefficient (Wildman–Crippen LogP) is 2.90. The van der Waals surface area contributed by atoms with Gasteiger partial charge in [-0.15, -0.1) is 0 Å². The van der Waals surface area contributed by atoms with E-state index in [-0.39, 0.29) is 12.8 Å². The van der Waals surface area contributed by atoms with E-state index in [1.165, 1.54) is 4.90 Å². The molecular formula is C17H22F2N2O3. The molecule has 0 spiro atoms. The number of nitrogens with zero attached hydrogens (tertiary/aromatic N) is 1. The van der Waals surface area contributed by atoms with Crippen LogP contribution in [0, 0.1) is 0 Å². The van der Waals surface area contributed by atoms with Crippen molar-refractivity contribution < 1.29 is 23.5 Å². The molecule has 5 nitrogen and oxygen atoms in total. The van der Waals surface area contributed by atoms with Gasteiger partial charge in [0.15, 0.2) is 0 Å². The Morgan fingerprint density at radius 2 is 2.00 bits per heavy atom. The van der Waals surface area contributed by atoms with Gasteiger partial charge in [0.05, 0.1) is 6.04 Å². The highest BCUT2D eigenvalue weighted by Gasteiger charge is 2.35. The summed E-state index contributed by atoms with van der Waals surface area (Å²) in [7, 11) is 0. The molecule has 1 fully saturated rings. The van der Waals surface area contributed by atoms with Crippen molar-refractivity contribution in [3.63, 3.8) is 0 Å². The standard InChI is InChI=1S/C17H22F2N2O3/c18-16(19)14-7-4-10-21(14)17(24)20-13(8-9-15(22)23)11-12-5-2-1-3-6-12/h1-3,5-6,13-14,16H,4,7-11H2,(H,20,24)(H,22,23)/t13?,14-/m1/s1. The summed E-state index contributed by atoms with van der Waals surface area (Å²) < 4.78 is 26.0. The van der Waals surface area contributed by atoms with Crippen molar-refractivity contribution in [1.82, 2.24) is 10.2 Å².